The van der Waals surface area contributed by atoms with Crippen LogP contribution in [0.2, 0.25) is 0 Å². The lowest BCUT2D eigenvalue weighted by molar-refractivity contribution is 0.0520. The van der Waals surface area contributed by atoms with Crippen molar-refractivity contribution in [3.05, 3.63) is 40.4 Å². The molecule has 0 radical (unpaired) electrons. The van der Waals surface area contributed by atoms with E-state index in [9.17, 15) is 4.79 Å². The van der Waals surface area contributed by atoms with Gasteiger partial charge in [-0.3, -0.25) is 14.7 Å². The summed E-state index contributed by atoms with van der Waals surface area (Å²) in [5.41, 5.74) is 1.84. The smallest absolute Gasteiger partial charge is 0.274 e. The van der Waals surface area contributed by atoms with Crippen LogP contribution in [0.1, 0.15) is 40.5 Å². The molecule has 2 aliphatic rings. The Balaban J connectivity index is 1.41. The minimum Gasteiger partial charge on any atom is -0.337 e. The lowest BCUT2D eigenvalue weighted by Gasteiger charge is -2.40. The maximum Gasteiger partial charge on any atom is 0.274 e. The molecule has 2 aromatic heterocycles. The third kappa shape index (κ3) is 3.57. The van der Waals surface area contributed by atoms with E-state index in [1.54, 1.807) is 29.9 Å². The Morgan fingerprint density at radius 3 is 2.96 bits per heavy atom. The minimum absolute atomic E-state index is 0.0146. The van der Waals surface area contributed by atoms with Gasteiger partial charge in [-0.2, -0.15) is 0 Å². The predicted octanol–water partition coefficient (Wildman–Crippen LogP) is 2.37. The molecule has 0 bridgehead atoms. The first-order valence-corrected chi connectivity index (χ1v) is 9.70. The second kappa shape index (κ2) is 6.80. The van der Waals surface area contributed by atoms with E-state index in [1.807, 2.05) is 4.90 Å². The van der Waals surface area contributed by atoms with Crippen LogP contribution in [0.3, 0.4) is 0 Å². The molecule has 1 amide bonds. The van der Waals surface area contributed by atoms with Crippen LogP contribution in [-0.4, -0.2) is 56.8 Å². The number of piperidine rings is 1. The highest BCUT2D eigenvalue weighted by molar-refractivity contribution is 7.09. The second-order valence-electron chi connectivity index (χ2n) is 7.24. The highest BCUT2D eigenvalue weighted by Gasteiger charge is 2.42. The van der Waals surface area contributed by atoms with Crippen molar-refractivity contribution in [2.45, 2.75) is 32.7 Å². The Morgan fingerprint density at radius 2 is 2.20 bits per heavy atom. The van der Waals surface area contributed by atoms with Gasteiger partial charge >= 0.3 is 0 Å². The number of nitrogens with zero attached hydrogens (tertiary/aromatic N) is 5. The summed E-state index contributed by atoms with van der Waals surface area (Å²) in [6, 6.07) is 0. The number of rotatable bonds is 3. The number of carbonyl (C=O) groups is 1. The Bertz CT molecular complexity index is 749. The molecule has 132 valence electrons. The summed E-state index contributed by atoms with van der Waals surface area (Å²) in [6.45, 7) is 6.76. The molecule has 2 aliphatic heterocycles. The molecule has 4 heterocycles. The van der Waals surface area contributed by atoms with Crippen LogP contribution in [0.25, 0.3) is 0 Å². The predicted molar refractivity (Wildman–Crippen MR) is 96.3 cm³/mol. The summed E-state index contributed by atoms with van der Waals surface area (Å²) in [4.78, 5) is 30.0. The zero-order chi connectivity index (χ0) is 17.3. The normalized spacial score (nSPS) is 24.1. The van der Waals surface area contributed by atoms with Gasteiger partial charge in [0.25, 0.3) is 5.91 Å². The van der Waals surface area contributed by atoms with E-state index in [-0.39, 0.29) is 11.3 Å². The fourth-order valence-electron chi connectivity index (χ4n) is 4.16. The monoisotopic (exact) mass is 357 g/mol. The van der Waals surface area contributed by atoms with Crippen molar-refractivity contribution < 1.29 is 4.79 Å². The SMILES string of the molecule is Cc1nc(CN2CCC3(CCCN(C(=O)c4cnccn4)C3)C2)cs1. The van der Waals surface area contributed by atoms with Gasteiger partial charge in [-0.1, -0.05) is 0 Å². The third-order valence-electron chi connectivity index (χ3n) is 5.30. The van der Waals surface area contributed by atoms with Crippen LogP contribution in [-0.2, 0) is 6.54 Å². The van der Waals surface area contributed by atoms with Crippen molar-refractivity contribution in [3.8, 4) is 0 Å². The number of hydrogen-bond acceptors (Lipinski definition) is 6. The van der Waals surface area contributed by atoms with Gasteiger partial charge < -0.3 is 4.90 Å². The van der Waals surface area contributed by atoms with E-state index in [0.29, 0.717) is 5.69 Å². The summed E-state index contributed by atoms with van der Waals surface area (Å²) in [5, 5.41) is 3.28. The number of hydrogen-bond donors (Lipinski definition) is 0. The minimum atomic E-state index is 0.0146. The highest BCUT2D eigenvalue weighted by Crippen LogP contribution is 2.39. The van der Waals surface area contributed by atoms with Crippen LogP contribution in [0.4, 0.5) is 0 Å². The molecule has 25 heavy (non-hydrogen) atoms. The van der Waals surface area contributed by atoms with Gasteiger partial charge in [-0.15, -0.1) is 11.3 Å². The molecule has 2 saturated heterocycles. The average molecular weight is 357 g/mol. The Hall–Kier alpha value is -1.86. The Labute approximate surface area is 151 Å². The van der Waals surface area contributed by atoms with Crippen molar-refractivity contribution in [1.82, 2.24) is 24.8 Å². The molecular weight excluding hydrogens is 334 g/mol. The topological polar surface area (TPSA) is 62.2 Å². The second-order valence-corrected chi connectivity index (χ2v) is 8.30. The first kappa shape index (κ1) is 16.6. The number of aryl methyl sites for hydroxylation is 1. The summed E-state index contributed by atoms with van der Waals surface area (Å²) < 4.78 is 0. The highest BCUT2D eigenvalue weighted by atomic mass is 32.1. The van der Waals surface area contributed by atoms with Gasteiger partial charge in [0.05, 0.1) is 16.9 Å². The van der Waals surface area contributed by atoms with Crippen LogP contribution < -0.4 is 0 Å². The number of thiazole rings is 1. The first-order chi connectivity index (χ1) is 12.1. The zero-order valence-electron chi connectivity index (χ0n) is 14.5. The fraction of sp³-hybridized carbons (Fsp3) is 0.556. The number of carbonyl (C=O) groups excluding carboxylic acids is 1. The molecule has 1 spiro atoms. The summed E-state index contributed by atoms with van der Waals surface area (Å²) in [5.74, 6) is 0.0146. The lowest BCUT2D eigenvalue weighted by atomic mass is 9.79. The first-order valence-electron chi connectivity index (χ1n) is 8.82. The van der Waals surface area contributed by atoms with Crippen LogP contribution in [0.5, 0.6) is 0 Å². The molecule has 0 aromatic carbocycles. The van der Waals surface area contributed by atoms with Crippen LogP contribution >= 0.6 is 11.3 Å². The van der Waals surface area contributed by atoms with Crippen molar-refractivity contribution in [2.24, 2.45) is 5.41 Å². The average Bonchev–Trinajstić information content (AvgIpc) is 3.21. The molecule has 0 saturated carbocycles. The zero-order valence-corrected chi connectivity index (χ0v) is 15.3. The van der Waals surface area contributed by atoms with E-state index in [4.69, 9.17) is 0 Å². The fourth-order valence-corrected chi connectivity index (χ4v) is 4.76. The molecular formula is C18H23N5OS. The molecule has 1 unspecified atom stereocenters. The molecule has 0 N–H and O–H groups in total. The quantitative estimate of drug-likeness (QED) is 0.844. The summed E-state index contributed by atoms with van der Waals surface area (Å²) >= 11 is 1.71. The van der Waals surface area contributed by atoms with E-state index in [0.717, 1.165) is 50.6 Å². The van der Waals surface area contributed by atoms with Gasteiger partial charge in [-0.05, 0) is 32.7 Å². The van der Waals surface area contributed by atoms with E-state index >= 15 is 0 Å². The van der Waals surface area contributed by atoms with Crippen molar-refractivity contribution >= 4 is 17.2 Å². The van der Waals surface area contributed by atoms with Crippen molar-refractivity contribution in [1.29, 1.82) is 0 Å². The third-order valence-corrected chi connectivity index (χ3v) is 6.12. The maximum absolute atomic E-state index is 12.7. The van der Waals surface area contributed by atoms with Gasteiger partial charge in [0.2, 0.25) is 0 Å². The van der Waals surface area contributed by atoms with Gasteiger partial charge in [0.1, 0.15) is 5.69 Å². The van der Waals surface area contributed by atoms with Crippen LogP contribution in [0, 0.1) is 12.3 Å². The molecule has 4 rings (SSSR count). The van der Waals surface area contributed by atoms with E-state index in [2.05, 4.69) is 32.2 Å². The number of likely N-dealkylation sites (tertiary alicyclic amines) is 2. The van der Waals surface area contributed by atoms with Gasteiger partial charge in [-0.25, -0.2) is 9.97 Å². The number of amides is 1. The molecule has 6 nitrogen and oxygen atoms in total. The Kier molecular flexibility index (Phi) is 4.52. The maximum atomic E-state index is 12.7. The van der Waals surface area contributed by atoms with E-state index in [1.165, 1.54) is 12.1 Å². The summed E-state index contributed by atoms with van der Waals surface area (Å²) in [6.07, 6.45) is 8.17. The molecule has 0 aliphatic carbocycles. The Morgan fingerprint density at radius 1 is 1.28 bits per heavy atom. The van der Waals surface area contributed by atoms with Crippen LogP contribution in [0.15, 0.2) is 24.0 Å². The molecule has 7 heteroatoms. The molecule has 2 aromatic rings. The molecule has 2 fully saturated rings. The largest absolute Gasteiger partial charge is 0.337 e. The standard InChI is InChI=1S/C18H23N5OS/c1-14-21-15(11-25-14)10-22-8-4-18(12-22)3-2-7-23(13-18)17(24)16-9-19-5-6-20-16/h5-6,9,11H,2-4,7-8,10,12-13H2,1H3. The van der Waals surface area contributed by atoms with Gasteiger partial charge in [0.15, 0.2) is 0 Å². The lowest BCUT2D eigenvalue weighted by Crippen LogP contribution is -2.47. The van der Waals surface area contributed by atoms with E-state index < -0.39 is 0 Å². The summed E-state index contributed by atoms with van der Waals surface area (Å²) in [7, 11) is 0. The van der Waals surface area contributed by atoms with Crippen molar-refractivity contribution in [3.63, 3.8) is 0 Å². The van der Waals surface area contributed by atoms with Gasteiger partial charge in [0, 0.05) is 49.4 Å². The number of aromatic nitrogens is 3. The van der Waals surface area contributed by atoms with Crippen molar-refractivity contribution in [2.75, 3.05) is 26.2 Å². The molecule has 1 atom stereocenters.